The first-order valence-electron chi connectivity index (χ1n) is 7.06. The van der Waals surface area contributed by atoms with E-state index in [-0.39, 0.29) is 6.04 Å². The van der Waals surface area contributed by atoms with Gasteiger partial charge in [0.2, 0.25) is 5.91 Å². The van der Waals surface area contributed by atoms with Crippen molar-refractivity contribution in [3.63, 3.8) is 0 Å². The van der Waals surface area contributed by atoms with E-state index in [0.717, 1.165) is 25.7 Å². The van der Waals surface area contributed by atoms with Gasteiger partial charge in [-0.15, -0.1) is 0 Å². The van der Waals surface area contributed by atoms with Gasteiger partial charge in [0.05, 0.1) is 6.61 Å². The average Bonchev–Trinajstić information content (AvgIpc) is 2.46. The van der Waals surface area contributed by atoms with Crippen LogP contribution in [0.25, 0.3) is 0 Å². The molecule has 21 heavy (non-hydrogen) atoms. The highest BCUT2D eigenvalue weighted by molar-refractivity contribution is 5.93. The molecule has 6 heteroatoms. The second-order valence-corrected chi connectivity index (χ2v) is 5.37. The fourth-order valence-corrected chi connectivity index (χ4v) is 2.60. The van der Waals surface area contributed by atoms with Crippen molar-refractivity contribution in [3.8, 4) is 5.75 Å². The molecule has 1 aromatic carbocycles. The van der Waals surface area contributed by atoms with Gasteiger partial charge >= 0.3 is 6.09 Å². The van der Waals surface area contributed by atoms with Gasteiger partial charge < -0.3 is 20.9 Å². The van der Waals surface area contributed by atoms with E-state index in [1.807, 2.05) is 0 Å². The lowest BCUT2D eigenvalue weighted by molar-refractivity contribution is 0.0999. The van der Waals surface area contributed by atoms with Crippen molar-refractivity contribution in [2.75, 3.05) is 6.61 Å². The number of nitrogens with two attached hydrogens (primary N) is 1. The quantitative estimate of drug-likeness (QED) is 0.772. The van der Waals surface area contributed by atoms with Crippen LogP contribution in [0.2, 0.25) is 0 Å². The molecular formula is C15H20N2O4. The zero-order valence-corrected chi connectivity index (χ0v) is 11.7. The highest BCUT2D eigenvalue weighted by Crippen LogP contribution is 2.25. The van der Waals surface area contributed by atoms with Gasteiger partial charge in [-0.1, -0.05) is 6.07 Å². The van der Waals surface area contributed by atoms with Crippen LogP contribution in [0.15, 0.2) is 24.3 Å². The van der Waals surface area contributed by atoms with Gasteiger partial charge in [0.1, 0.15) is 5.75 Å². The van der Waals surface area contributed by atoms with Crippen molar-refractivity contribution in [2.45, 2.75) is 31.7 Å². The van der Waals surface area contributed by atoms with E-state index in [1.165, 1.54) is 0 Å². The predicted octanol–water partition coefficient (Wildman–Crippen LogP) is 1.99. The standard InChI is InChI=1S/C15H20N2O4/c16-14(18)11-2-1-3-13(8-11)21-9-10-4-6-12(7-5-10)17-15(19)20/h1-3,8,10,12,17H,4-7,9H2,(H2,16,18)(H,19,20). The molecule has 1 aliphatic carbocycles. The SMILES string of the molecule is NC(=O)c1cccc(OCC2CCC(NC(=O)O)CC2)c1. The maximum absolute atomic E-state index is 11.1. The molecule has 0 atom stereocenters. The van der Waals surface area contributed by atoms with E-state index < -0.39 is 12.0 Å². The molecule has 0 spiro atoms. The molecule has 0 aromatic heterocycles. The van der Waals surface area contributed by atoms with Crippen molar-refractivity contribution in [1.82, 2.24) is 5.32 Å². The number of hydrogen-bond donors (Lipinski definition) is 3. The Kier molecular flexibility index (Phi) is 5.03. The van der Waals surface area contributed by atoms with Crippen LogP contribution in [0.5, 0.6) is 5.75 Å². The van der Waals surface area contributed by atoms with Gasteiger partial charge in [-0.25, -0.2) is 4.79 Å². The molecule has 2 amide bonds. The molecule has 0 heterocycles. The zero-order valence-electron chi connectivity index (χ0n) is 11.7. The molecule has 2 rings (SSSR count). The Hall–Kier alpha value is -2.24. The number of rotatable bonds is 5. The lowest BCUT2D eigenvalue weighted by atomic mass is 9.86. The predicted molar refractivity (Wildman–Crippen MR) is 77.4 cm³/mol. The van der Waals surface area contributed by atoms with Crippen LogP contribution in [0.4, 0.5) is 4.79 Å². The highest BCUT2D eigenvalue weighted by Gasteiger charge is 2.22. The van der Waals surface area contributed by atoms with Gasteiger partial charge in [0.25, 0.3) is 0 Å². The minimum Gasteiger partial charge on any atom is -0.493 e. The molecule has 1 saturated carbocycles. The third-order valence-electron chi connectivity index (χ3n) is 3.78. The van der Waals surface area contributed by atoms with E-state index in [1.54, 1.807) is 24.3 Å². The Bertz CT molecular complexity index is 510. The second-order valence-electron chi connectivity index (χ2n) is 5.37. The van der Waals surface area contributed by atoms with E-state index in [2.05, 4.69) is 5.32 Å². The van der Waals surface area contributed by atoms with E-state index in [9.17, 15) is 9.59 Å². The first-order valence-corrected chi connectivity index (χ1v) is 7.06. The molecule has 0 unspecified atom stereocenters. The molecule has 1 aromatic rings. The fourth-order valence-electron chi connectivity index (χ4n) is 2.60. The molecule has 1 fully saturated rings. The average molecular weight is 292 g/mol. The maximum atomic E-state index is 11.1. The summed E-state index contributed by atoms with van der Waals surface area (Å²) >= 11 is 0. The van der Waals surface area contributed by atoms with Gasteiger partial charge in [0.15, 0.2) is 0 Å². The van der Waals surface area contributed by atoms with Gasteiger partial charge in [-0.05, 0) is 49.8 Å². The van der Waals surface area contributed by atoms with Gasteiger partial charge in [0, 0.05) is 11.6 Å². The van der Waals surface area contributed by atoms with Crippen molar-refractivity contribution in [2.24, 2.45) is 11.7 Å². The first kappa shape index (κ1) is 15.2. The van der Waals surface area contributed by atoms with Crippen molar-refractivity contribution in [3.05, 3.63) is 29.8 Å². The molecule has 0 aliphatic heterocycles. The summed E-state index contributed by atoms with van der Waals surface area (Å²) in [5, 5.41) is 11.2. The summed E-state index contributed by atoms with van der Waals surface area (Å²) in [6.07, 6.45) is 2.57. The summed E-state index contributed by atoms with van der Waals surface area (Å²) < 4.78 is 5.71. The number of carboxylic acid groups (broad SMARTS) is 1. The molecule has 114 valence electrons. The van der Waals surface area contributed by atoms with Crippen molar-refractivity contribution in [1.29, 1.82) is 0 Å². The molecule has 0 radical (unpaired) electrons. The smallest absolute Gasteiger partial charge is 0.404 e. The number of carbonyl (C=O) groups is 2. The lowest BCUT2D eigenvalue weighted by Crippen LogP contribution is -2.37. The Morgan fingerprint density at radius 2 is 2.00 bits per heavy atom. The molecule has 0 bridgehead atoms. The van der Waals surface area contributed by atoms with Crippen molar-refractivity contribution < 1.29 is 19.4 Å². The fraction of sp³-hybridized carbons (Fsp3) is 0.467. The number of ether oxygens (including phenoxy) is 1. The molecular weight excluding hydrogens is 272 g/mol. The number of hydrogen-bond acceptors (Lipinski definition) is 3. The van der Waals surface area contributed by atoms with Crippen LogP contribution in [0.1, 0.15) is 36.0 Å². The topological polar surface area (TPSA) is 102 Å². The highest BCUT2D eigenvalue weighted by atomic mass is 16.5. The number of nitrogens with one attached hydrogen (secondary N) is 1. The summed E-state index contributed by atoms with van der Waals surface area (Å²) in [4.78, 5) is 21.7. The third-order valence-corrected chi connectivity index (χ3v) is 3.78. The van der Waals surface area contributed by atoms with Crippen LogP contribution in [-0.2, 0) is 0 Å². The summed E-state index contributed by atoms with van der Waals surface area (Å²) in [5.74, 6) is 0.576. The van der Waals surface area contributed by atoms with Gasteiger partial charge in [-0.3, -0.25) is 4.79 Å². The van der Waals surface area contributed by atoms with E-state index in [0.29, 0.717) is 23.8 Å². The van der Waals surface area contributed by atoms with Gasteiger partial charge in [-0.2, -0.15) is 0 Å². The lowest BCUT2D eigenvalue weighted by Gasteiger charge is -2.28. The molecule has 4 N–H and O–H groups in total. The van der Waals surface area contributed by atoms with E-state index in [4.69, 9.17) is 15.6 Å². The Morgan fingerprint density at radius 3 is 2.62 bits per heavy atom. The maximum Gasteiger partial charge on any atom is 0.404 e. The zero-order chi connectivity index (χ0) is 15.2. The van der Waals surface area contributed by atoms with Crippen LogP contribution in [-0.4, -0.2) is 29.8 Å². The monoisotopic (exact) mass is 292 g/mol. The van der Waals surface area contributed by atoms with Crippen LogP contribution >= 0.6 is 0 Å². The number of benzene rings is 1. The third kappa shape index (κ3) is 4.66. The molecule has 0 saturated heterocycles. The van der Waals surface area contributed by atoms with Crippen LogP contribution < -0.4 is 15.8 Å². The Morgan fingerprint density at radius 1 is 1.29 bits per heavy atom. The van der Waals surface area contributed by atoms with Crippen molar-refractivity contribution >= 4 is 12.0 Å². The minimum absolute atomic E-state index is 0.0527. The first-order chi connectivity index (χ1) is 10.0. The molecule has 6 nitrogen and oxygen atoms in total. The Balaban J connectivity index is 1.78. The number of primary amides is 1. The Labute approximate surface area is 123 Å². The van der Waals surface area contributed by atoms with Crippen LogP contribution in [0.3, 0.4) is 0 Å². The number of amides is 2. The normalized spacial score (nSPS) is 21.5. The minimum atomic E-state index is -0.960. The summed E-state index contributed by atoms with van der Waals surface area (Å²) in [6, 6.07) is 6.88. The second kappa shape index (κ2) is 6.97. The van der Waals surface area contributed by atoms with Crippen LogP contribution in [0, 0.1) is 5.92 Å². The number of carbonyl (C=O) groups excluding carboxylic acids is 1. The summed E-state index contributed by atoms with van der Waals surface area (Å²) in [7, 11) is 0. The summed E-state index contributed by atoms with van der Waals surface area (Å²) in [6.45, 7) is 0.571. The largest absolute Gasteiger partial charge is 0.493 e. The summed E-state index contributed by atoms with van der Waals surface area (Å²) in [5.41, 5.74) is 5.66. The molecule has 1 aliphatic rings. The van der Waals surface area contributed by atoms with E-state index >= 15 is 0 Å².